The molecule has 3 nitrogen and oxygen atoms in total. The third kappa shape index (κ3) is 5.84. The fraction of sp³-hybridized carbons (Fsp3) is 0.286. The SMILES string of the molecule is CCC(=CF)COc1ccc(C(=O)Cc2ccc(COC)cc2)cc1. The van der Waals surface area contributed by atoms with Crippen LogP contribution in [0.3, 0.4) is 0 Å². The molecule has 0 radical (unpaired) electrons. The Morgan fingerprint density at radius 1 is 1.04 bits per heavy atom. The Balaban J connectivity index is 1.93. The molecule has 0 saturated carbocycles. The summed E-state index contributed by atoms with van der Waals surface area (Å²) in [5, 5.41) is 0. The zero-order valence-corrected chi connectivity index (χ0v) is 14.6. The van der Waals surface area contributed by atoms with E-state index in [1.165, 1.54) is 0 Å². The van der Waals surface area contributed by atoms with Crippen molar-refractivity contribution in [3.05, 3.63) is 77.1 Å². The predicted molar refractivity (Wildman–Crippen MR) is 96.6 cm³/mol. The second-order valence-corrected chi connectivity index (χ2v) is 5.78. The van der Waals surface area contributed by atoms with Crippen LogP contribution < -0.4 is 4.74 Å². The Morgan fingerprint density at radius 2 is 1.68 bits per heavy atom. The second-order valence-electron chi connectivity index (χ2n) is 5.78. The van der Waals surface area contributed by atoms with Crippen LogP contribution in [0.5, 0.6) is 5.75 Å². The fourth-order valence-electron chi connectivity index (χ4n) is 2.33. The van der Waals surface area contributed by atoms with Gasteiger partial charge in [-0.2, -0.15) is 0 Å². The monoisotopic (exact) mass is 342 g/mol. The molecule has 2 aromatic carbocycles. The lowest BCUT2D eigenvalue weighted by Crippen LogP contribution is -2.04. The van der Waals surface area contributed by atoms with Crippen molar-refractivity contribution in [2.24, 2.45) is 0 Å². The second kappa shape index (κ2) is 9.74. The van der Waals surface area contributed by atoms with Crippen molar-refractivity contribution in [2.45, 2.75) is 26.4 Å². The van der Waals surface area contributed by atoms with Crippen LogP contribution in [-0.4, -0.2) is 19.5 Å². The summed E-state index contributed by atoms with van der Waals surface area (Å²) in [5.41, 5.74) is 3.27. The highest BCUT2D eigenvalue weighted by atomic mass is 19.1. The number of hydrogen-bond donors (Lipinski definition) is 0. The molecule has 0 heterocycles. The molecule has 0 aromatic heterocycles. The van der Waals surface area contributed by atoms with Gasteiger partial charge in [0.05, 0.1) is 12.9 Å². The Kier molecular flexibility index (Phi) is 7.36. The summed E-state index contributed by atoms with van der Waals surface area (Å²) in [6, 6.07) is 14.8. The number of ketones is 1. The average molecular weight is 342 g/mol. The molecule has 0 aliphatic heterocycles. The van der Waals surface area contributed by atoms with Gasteiger partial charge in [0.25, 0.3) is 0 Å². The average Bonchev–Trinajstić information content (AvgIpc) is 2.65. The molecular formula is C21H23FO3. The first-order chi connectivity index (χ1) is 12.2. The lowest BCUT2D eigenvalue weighted by Gasteiger charge is -2.08. The van der Waals surface area contributed by atoms with Gasteiger partial charge in [0.1, 0.15) is 12.4 Å². The number of carbonyl (C=O) groups is 1. The molecule has 0 amide bonds. The van der Waals surface area contributed by atoms with Crippen LogP contribution in [0.2, 0.25) is 0 Å². The first-order valence-corrected chi connectivity index (χ1v) is 8.27. The zero-order valence-electron chi connectivity index (χ0n) is 14.6. The Morgan fingerprint density at radius 3 is 2.24 bits per heavy atom. The molecule has 0 N–H and O–H groups in total. The summed E-state index contributed by atoms with van der Waals surface area (Å²) in [6.07, 6.45) is 1.53. The van der Waals surface area contributed by atoms with Gasteiger partial charge in [0.15, 0.2) is 5.78 Å². The van der Waals surface area contributed by atoms with Crippen LogP contribution in [0.15, 0.2) is 60.4 Å². The number of benzene rings is 2. The standard InChI is InChI=1S/C21H23FO3/c1-3-16(13-22)15-25-20-10-8-19(9-11-20)21(23)12-17-4-6-18(7-5-17)14-24-2/h4-11,13H,3,12,14-15H2,1-2H3. The molecular weight excluding hydrogens is 319 g/mol. The van der Waals surface area contributed by atoms with Crippen molar-refractivity contribution in [3.63, 3.8) is 0 Å². The maximum Gasteiger partial charge on any atom is 0.167 e. The normalized spacial score (nSPS) is 11.4. The smallest absolute Gasteiger partial charge is 0.167 e. The van der Waals surface area contributed by atoms with Crippen molar-refractivity contribution >= 4 is 5.78 Å². The van der Waals surface area contributed by atoms with Crippen LogP contribution in [0.4, 0.5) is 4.39 Å². The molecule has 2 aromatic rings. The summed E-state index contributed by atoms with van der Waals surface area (Å²) in [4.78, 5) is 12.4. The maximum absolute atomic E-state index is 12.5. The van der Waals surface area contributed by atoms with E-state index in [0.29, 0.717) is 42.7 Å². The van der Waals surface area contributed by atoms with Gasteiger partial charge in [0, 0.05) is 19.1 Å². The van der Waals surface area contributed by atoms with E-state index in [4.69, 9.17) is 9.47 Å². The summed E-state index contributed by atoms with van der Waals surface area (Å²) >= 11 is 0. The predicted octanol–water partition coefficient (Wildman–Crippen LogP) is 4.90. The van der Waals surface area contributed by atoms with Gasteiger partial charge in [-0.15, -0.1) is 0 Å². The van der Waals surface area contributed by atoms with Crippen molar-refractivity contribution in [3.8, 4) is 5.75 Å². The molecule has 25 heavy (non-hydrogen) atoms. The van der Waals surface area contributed by atoms with Gasteiger partial charge in [-0.3, -0.25) is 4.79 Å². The van der Waals surface area contributed by atoms with Gasteiger partial charge < -0.3 is 9.47 Å². The molecule has 0 bridgehead atoms. The van der Waals surface area contributed by atoms with Crippen molar-refractivity contribution < 1.29 is 18.7 Å². The topological polar surface area (TPSA) is 35.5 Å². The minimum atomic E-state index is 0.0453. The van der Waals surface area contributed by atoms with Gasteiger partial charge in [0.2, 0.25) is 0 Å². The largest absolute Gasteiger partial charge is 0.489 e. The van der Waals surface area contributed by atoms with Crippen LogP contribution >= 0.6 is 0 Å². The number of ether oxygens (including phenoxy) is 2. The van der Waals surface area contributed by atoms with Crippen LogP contribution in [-0.2, 0) is 17.8 Å². The number of Topliss-reactive ketones (excluding diaryl/α,β-unsaturated/α-hetero) is 1. The van der Waals surface area contributed by atoms with Crippen LogP contribution in [0.25, 0.3) is 0 Å². The Hall–Kier alpha value is -2.46. The minimum Gasteiger partial charge on any atom is -0.489 e. The van der Waals surface area contributed by atoms with Crippen molar-refractivity contribution in [2.75, 3.05) is 13.7 Å². The first kappa shape index (κ1) is 18.9. The molecule has 0 atom stereocenters. The number of rotatable bonds is 9. The summed E-state index contributed by atoms with van der Waals surface area (Å²) < 4.78 is 23.1. The van der Waals surface area contributed by atoms with E-state index in [0.717, 1.165) is 11.1 Å². The summed E-state index contributed by atoms with van der Waals surface area (Å²) in [7, 11) is 1.65. The van der Waals surface area contributed by atoms with Gasteiger partial charge in [-0.25, -0.2) is 4.39 Å². The van der Waals surface area contributed by atoms with Gasteiger partial charge in [-0.1, -0.05) is 31.2 Å². The molecule has 0 saturated heterocycles. The Bertz CT molecular complexity index is 703. The van der Waals surface area contributed by atoms with Crippen LogP contribution in [0.1, 0.15) is 34.8 Å². The lowest BCUT2D eigenvalue weighted by atomic mass is 10.0. The van der Waals surface area contributed by atoms with Crippen molar-refractivity contribution in [1.82, 2.24) is 0 Å². The molecule has 0 aliphatic carbocycles. The quantitative estimate of drug-likeness (QED) is 0.608. The van der Waals surface area contributed by atoms with E-state index in [-0.39, 0.29) is 12.4 Å². The van der Waals surface area contributed by atoms with E-state index in [1.54, 1.807) is 31.4 Å². The van der Waals surface area contributed by atoms with E-state index >= 15 is 0 Å². The maximum atomic E-state index is 12.5. The third-order valence-corrected chi connectivity index (χ3v) is 3.91. The minimum absolute atomic E-state index is 0.0453. The van der Waals surface area contributed by atoms with E-state index < -0.39 is 0 Å². The first-order valence-electron chi connectivity index (χ1n) is 8.27. The molecule has 0 fully saturated rings. The number of halogens is 1. The molecule has 0 spiro atoms. The molecule has 0 unspecified atom stereocenters. The Labute approximate surface area is 148 Å². The van der Waals surface area contributed by atoms with Crippen LogP contribution in [0, 0.1) is 0 Å². The highest BCUT2D eigenvalue weighted by Gasteiger charge is 2.08. The number of hydrogen-bond acceptors (Lipinski definition) is 3. The number of methoxy groups -OCH3 is 1. The highest BCUT2D eigenvalue weighted by molar-refractivity contribution is 5.97. The lowest BCUT2D eigenvalue weighted by molar-refractivity contribution is 0.0993. The van der Waals surface area contributed by atoms with E-state index in [2.05, 4.69) is 0 Å². The summed E-state index contributed by atoms with van der Waals surface area (Å²) in [5.74, 6) is 0.664. The highest BCUT2D eigenvalue weighted by Crippen LogP contribution is 2.16. The van der Waals surface area contributed by atoms with Gasteiger partial charge >= 0.3 is 0 Å². The third-order valence-electron chi connectivity index (χ3n) is 3.91. The zero-order chi connectivity index (χ0) is 18.1. The van der Waals surface area contributed by atoms with E-state index in [1.807, 2.05) is 31.2 Å². The molecule has 132 valence electrons. The summed E-state index contributed by atoms with van der Waals surface area (Å²) in [6.45, 7) is 2.65. The van der Waals surface area contributed by atoms with E-state index in [9.17, 15) is 9.18 Å². The molecule has 0 aliphatic rings. The fourth-order valence-corrected chi connectivity index (χ4v) is 2.33. The number of carbonyl (C=O) groups excluding carboxylic acids is 1. The molecule has 4 heteroatoms. The van der Waals surface area contributed by atoms with Gasteiger partial charge in [-0.05, 0) is 47.4 Å². The molecule has 2 rings (SSSR count). The van der Waals surface area contributed by atoms with Crippen molar-refractivity contribution in [1.29, 1.82) is 0 Å².